The molecular weight excluding hydrogens is 350 g/mol. The Morgan fingerprint density at radius 3 is 2.57 bits per heavy atom. The SMILES string of the molecule is COc1ccc2c(c1)C(c1ccccc1)C1=C(CC(C)(C)CC1=O)N2CCO. The monoisotopic (exact) mass is 377 g/mol. The third-order valence-electron chi connectivity index (χ3n) is 5.80. The molecule has 2 aliphatic rings. The van der Waals surface area contributed by atoms with E-state index in [0.717, 1.165) is 40.3 Å². The summed E-state index contributed by atoms with van der Waals surface area (Å²) in [5.74, 6) is 0.868. The first-order valence-electron chi connectivity index (χ1n) is 9.83. The van der Waals surface area contributed by atoms with Gasteiger partial charge in [-0.2, -0.15) is 0 Å². The van der Waals surface area contributed by atoms with E-state index in [1.165, 1.54) is 0 Å². The van der Waals surface area contributed by atoms with Crippen molar-refractivity contribution in [1.29, 1.82) is 0 Å². The maximum Gasteiger partial charge on any atom is 0.162 e. The number of β-amino-alcohol motifs (C(OH)–C–C–N with tert-alkyl or cyclic N) is 1. The van der Waals surface area contributed by atoms with Crippen LogP contribution in [-0.2, 0) is 4.79 Å². The lowest BCUT2D eigenvalue weighted by molar-refractivity contribution is -0.118. The molecule has 0 amide bonds. The summed E-state index contributed by atoms with van der Waals surface area (Å²) in [6.07, 6.45) is 1.37. The first kappa shape index (κ1) is 18.8. The van der Waals surface area contributed by atoms with E-state index in [0.29, 0.717) is 13.0 Å². The van der Waals surface area contributed by atoms with Crippen LogP contribution >= 0.6 is 0 Å². The van der Waals surface area contributed by atoms with Crippen LogP contribution in [0.5, 0.6) is 5.75 Å². The zero-order valence-corrected chi connectivity index (χ0v) is 16.7. The van der Waals surface area contributed by atoms with Crippen molar-refractivity contribution in [2.24, 2.45) is 5.41 Å². The molecule has 1 aliphatic heterocycles. The van der Waals surface area contributed by atoms with E-state index in [9.17, 15) is 9.90 Å². The Hall–Kier alpha value is -2.59. The summed E-state index contributed by atoms with van der Waals surface area (Å²) in [5, 5.41) is 9.74. The second-order valence-electron chi connectivity index (χ2n) is 8.44. The van der Waals surface area contributed by atoms with Gasteiger partial charge in [0.15, 0.2) is 5.78 Å². The number of nitrogens with zero attached hydrogens (tertiary/aromatic N) is 1. The highest BCUT2D eigenvalue weighted by Gasteiger charge is 2.43. The molecule has 0 saturated carbocycles. The number of carbonyl (C=O) groups excluding carboxylic acids is 1. The summed E-state index contributed by atoms with van der Waals surface area (Å²) in [7, 11) is 1.66. The van der Waals surface area contributed by atoms with Gasteiger partial charge in [0.25, 0.3) is 0 Å². The average Bonchev–Trinajstić information content (AvgIpc) is 2.68. The topological polar surface area (TPSA) is 49.8 Å². The van der Waals surface area contributed by atoms with Crippen molar-refractivity contribution >= 4 is 11.5 Å². The summed E-state index contributed by atoms with van der Waals surface area (Å²) < 4.78 is 5.49. The number of ketones is 1. The van der Waals surface area contributed by atoms with Gasteiger partial charge in [-0.15, -0.1) is 0 Å². The molecule has 0 aromatic heterocycles. The first-order valence-corrected chi connectivity index (χ1v) is 9.83. The van der Waals surface area contributed by atoms with E-state index in [1.54, 1.807) is 7.11 Å². The molecule has 1 N–H and O–H groups in total. The summed E-state index contributed by atoms with van der Waals surface area (Å²) in [6, 6.07) is 16.3. The number of carbonyl (C=O) groups is 1. The number of anilines is 1. The summed E-state index contributed by atoms with van der Waals surface area (Å²) in [5.41, 5.74) is 5.07. The van der Waals surface area contributed by atoms with Gasteiger partial charge in [-0.05, 0) is 41.2 Å². The van der Waals surface area contributed by atoms with Crippen LogP contribution in [0, 0.1) is 5.41 Å². The van der Waals surface area contributed by atoms with Gasteiger partial charge in [-0.25, -0.2) is 0 Å². The van der Waals surface area contributed by atoms with E-state index >= 15 is 0 Å². The zero-order valence-electron chi connectivity index (χ0n) is 16.7. The summed E-state index contributed by atoms with van der Waals surface area (Å²) >= 11 is 0. The van der Waals surface area contributed by atoms with Gasteiger partial charge >= 0.3 is 0 Å². The van der Waals surface area contributed by atoms with Crippen LogP contribution in [0.25, 0.3) is 0 Å². The Morgan fingerprint density at radius 1 is 1.14 bits per heavy atom. The highest BCUT2D eigenvalue weighted by atomic mass is 16.5. The van der Waals surface area contributed by atoms with Crippen molar-refractivity contribution in [3.05, 3.63) is 70.9 Å². The van der Waals surface area contributed by atoms with E-state index in [2.05, 4.69) is 36.9 Å². The molecule has 0 bridgehead atoms. The van der Waals surface area contributed by atoms with E-state index in [1.807, 2.05) is 30.3 Å². The van der Waals surface area contributed by atoms with Gasteiger partial charge in [0.05, 0.1) is 13.7 Å². The Balaban J connectivity index is 1.99. The number of hydrogen-bond donors (Lipinski definition) is 1. The predicted octanol–water partition coefficient (Wildman–Crippen LogP) is 4.28. The van der Waals surface area contributed by atoms with E-state index < -0.39 is 0 Å². The van der Waals surface area contributed by atoms with Crippen molar-refractivity contribution in [3.63, 3.8) is 0 Å². The van der Waals surface area contributed by atoms with Crippen molar-refractivity contribution in [2.45, 2.75) is 32.6 Å². The lowest BCUT2D eigenvalue weighted by Gasteiger charge is -2.45. The fourth-order valence-corrected chi connectivity index (χ4v) is 4.65. The lowest BCUT2D eigenvalue weighted by atomic mass is 9.68. The van der Waals surface area contributed by atoms with Crippen LogP contribution in [0.3, 0.4) is 0 Å². The number of benzene rings is 2. The molecule has 1 atom stereocenters. The average molecular weight is 377 g/mol. The summed E-state index contributed by atoms with van der Waals surface area (Å²) in [6.45, 7) is 4.80. The van der Waals surface area contributed by atoms with Crippen LogP contribution in [0.2, 0.25) is 0 Å². The maximum atomic E-state index is 13.4. The molecule has 1 heterocycles. The van der Waals surface area contributed by atoms with Crippen molar-refractivity contribution in [1.82, 2.24) is 0 Å². The van der Waals surface area contributed by atoms with Crippen LogP contribution < -0.4 is 9.64 Å². The second kappa shape index (κ2) is 7.10. The third-order valence-corrected chi connectivity index (χ3v) is 5.80. The van der Waals surface area contributed by atoms with Crippen LogP contribution in [-0.4, -0.2) is 31.2 Å². The highest BCUT2D eigenvalue weighted by Crippen LogP contribution is 2.52. The third kappa shape index (κ3) is 3.12. The molecular formula is C24H27NO3. The van der Waals surface area contributed by atoms with Crippen molar-refractivity contribution in [2.75, 3.05) is 25.2 Å². The molecule has 146 valence electrons. The zero-order chi connectivity index (χ0) is 19.9. The highest BCUT2D eigenvalue weighted by molar-refractivity contribution is 6.02. The molecule has 0 spiro atoms. The van der Waals surface area contributed by atoms with Gasteiger partial charge in [-0.3, -0.25) is 4.79 Å². The molecule has 0 fully saturated rings. The van der Waals surface area contributed by atoms with Gasteiger partial charge in [0, 0.05) is 35.8 Å². The fourth-order valence-electron chi connectivity index (χ4n) is 4.65. The van der Waals surface area contributed by atoms with Crippen molar-refractivity contribution < 1.29 is 14.6 Å². The number of aliphatic hydroxyl groups is 1. The minimum atomic E-state index is -0.111. The molecule has 0 saturated heterocycles. The van der Waals surface area contributed by atoms with Gasteiger partial charge in [0.2, 0.25) is 0 Å². The normalized spacial score (nSPS) is 20.6. The molecule has 0 radical (unpaired) electrons. The van der Waals surface area contributed by atoms with E-state index in [4.69, 9.17) is 4.74 Å². The molecule has 1 aliphatic carbocycles. The van der Waals surface area contributed by atoms with E-state index in [-0.39, 0.29) is 23.7 Å². The molecule has 2 aromatic rings. The Kier molecular flexibility index (Phi) is 4.76. The lowest BCUT2D eigenvalue weighted by Crippen LogP contribution is -2.40. The first-order chi connectivity index (χ1) is 13.4. The number of Topliss-reactive ketones (excluding diaryl/α,β-unsaturated/α-hetero) is 1. The quantitative estimate of drug-likeness (QED) is 0.864. The molecule has 28 heavy (non-hydrogen) atoms. The van der Waals surface area contributed by atoms with Gasteiger partial charge in [0.1, 0.15) is 5.75 Å². The number of hydrogen-bond acceptors (Lipinski definition) is 4. The number of methoxy groups -OCH3 is 1. The van der Waals surface area contributed by atoms with Crippen LogP contribution in [0.4, 0.5) is 5.69 Å². The van der Waals surface area contributed by atoms with Crippen LogP contribution in [0.1, 0.15) is 43.7 Å². The van der Waals surface area contributed by atoms with Crippen molar-refractivity contribution in [3.8, 4) is 5.75 Å². The molecule has 4 heteroatoms. The largest absolute Gasteiger partial charge is 0.497 e. The minimum Gasteiger partial charge on any atom is -0.497 e. The predicted molar refractivity (Wildman–Crippen MR) is 111 cm³/mol. The molecule has 2 aromatic carbocycles. The number of ether oxygens (including phenoxy) is 1. The smallest absolute Gasteiger partial charge is 0.162 e. The fraction of sp³-hybridized carbons (Fsp3) is 0.375. The number of rotatable bonds is 4. The number of fused-ring (bicyclic) bond motifs is 1. The Bertz CT molecular complexity index is 930. The van der Waals surface area contributed by atoms with Crippen LogP contribution in [0.15, 0.2) is 59.8 Å². The molecule has 1 unspecified atom stereocenters. The minimum absolute atomic E-state index is 0.0346. The molecule has 4 nitrogen and oxygen atoms in total. The van der Waals surface area contributed by atoms with Gasteiger partial charge < -0.3 is 14.7 Å². The maximum absolute atomic E-state index is 13.4. The molecule has 4 rings (SSSR count). The number of aliphatic hydroxyl groups excluding tert-OH is 1. The van der Waals surface area contributed by atoms with Gasteiger partial charge in [-0.1, -0.05) is 44.2 Å². The second-order valence-corrected chi connectivity index (χ2v) is 8.44. The standard InChI is InChI=1S/C24H27NO3/c1-24(2)14-20-23(21(27)15-24)22(16-7-5-4-6-8-16)18-13-17(28-3)9-10-19(18)25(20)11-12-26/h4-10,13,22,26H,11-12,14-15H2,1-3H3. The number of allylic oxidation sites excluding steroid dienone is 2. The summed E-state index contributed by atoms with van der Waals surface area (Å²) in [4.78, 5) is 15.5. The Morgan fingerprint density at radius 2 is 1.89 bits per heavy atom. The Labute approximate surface area is 166 Å².